The average molecular weight is 426 g/mol. The molecule has 1 saturated heterocycles. The van der Waals surface area contributed by atoms with Gasteiger partial charge in [-0.15, -0.1) is 0 Å². The lowest BCUT2D eigenvalue weighted by atomic mass is 9.76. The fraction of sp³-hybridized carbons (Fsp3) is 0.522. The van der Waals surface area contributed by atoms with Crippen molar-refractivity contribution in [2.45, 2.75) is 45.6 Å². The van der Waals surface area contributed by atoms with E-state index in [1.165, 1.54) is 0 Å². The van der Waals surface area contributed by atoms with Crippen LogP contribution in [0.2, 0.25) is 0 Å². The molecule has 2 aliphatic rings. The molecular weight excluding hydrogens is 394 g/mol. The van der Waals surface area contributed by atoms with Crippen LogP contribution in [0.1, 0.15) is 49.0 Å². The van der Waals surface area contributed by atoms with Crippen LogP contribution in [-0.2, 0) is 10.3 Å². The minimum atomic E-state index is -0.501. The smallest absolute Gasteiger partial charge is 0.254 e. The first-order valence-electron chi connectivity index (χ1n) is 10.8. The number of aryl methyl sites for hydroxylation is 1. The van der Waals surface area contributed by atoms with Crippen LogP contribution in [0.25, 0.3) is 11.3 Å². The number of hydrogen-bond donors (Lipinski definition) is 2. The third kappa shape index (κ3) is 3.54. The summed E-state index contributed by atoms with van der Waals surface area (Å²) >= 11 is 0. The predicted molar refractivity (Wildman–Crippen MR) is 119 cm³/mol. The molecule has 0 spiro atoms. The number of benzene rings is 1. The van der Waals surface area contributed by atoms with Gasteiger partial charge in [0.05, 0.1) is 12.6 Å². The van der Waals surface area contributed by atoms with Gasteiger partial charge in [-0.2, -0.15) is 5.10 Å². The molecule has 2 aromatic rings. The molecule has 0 saturated carbocycles. The molecule has 1 aromatic carbocycles. The number of nitrogens with two attached hydrogens (primary N) is 1. The lowest BCUT2D eigenvalue weighted by molar-refractivity contribution is -0.130. The van der Waals surface area contributed by atoms with Crippen molar-refractivity contribution < 1.29 is 14.3 Å². The zero-order chi connectivity index (χ0) is 22.3. The van der Waals surface area contributed by atoms with Crippen molar-refractivity contribution in [2.75, 3.05) is 32.1 Å². The molecule has 1 fully saturated rings. The summed E-state index contributed by atoms with van der Waals surface area (Å²) in [7, 11) is 1.63. The van der Waals surface area contributed by atoms with E-state index in [4.69, 9.17) is 15.6 Å². The first-order chi connectivity index (χ1) is 14.8. The highest BCUT2D eigenvalue weighted by Crippen LogP contribution is 2.44. The number of hydrogen-bond acceptors (Lipinski definition) is 5. The Bertz CT molecular complexity index is 1020. The standard InChI is InChI=1S/C23H31N5O3/c1-14-5-6-16(13-18(14)31-4)20-19(21(24)30)22-25-10-9-23(3,28(22)26-20)17-7-11-27(12-8-17)15(2)29/h5-6,13,17,25H,7-12H2,1-4H3,(H2,24,30). The van der Waals surface area contributed by atoms with Crippen molar-refractivity contribution in [3.63, 3.8) is 0 Å². The normalized spacial score (nSPS) is 21.4. The molecule has 1 unspecified atom stereocenters. The van der Waals surface area contributed by atoms with E-state index in [9.17, 15) is 9.59 Å². The Morgan fingerprint density at radius 2 is 2.00 bits per heavy atom. The maximum Gasteiger partial charge on any atom is 0.254 e. The number of anilines is 1. The van der Waals surface area contributed by atoms with Gasteiger partial charge in [0.15, 0.2) is 0 Å². The highest BCUT2D eigenvalue weighted by Gasteiger charge is 2.44. The number of aromatic nitrogens is 2. The molecular formula is C23H31N5O3. The molecule has 0 radical (unpaired) electrons. The van der Waals surface area contributed by atoms with Gasteiger partial charge in [-0.1, -0.05) is 12.1 Å². The second kappa shape index (κ2) is 7.90. The van der Waals surface area contributed by atoms with Gasteiger partial charge in [-0.25, -0.2) is 4.68 Å². The maximum atomic E-state index is 12.5. The zero-order valence-electron chi connectivity index (χ0n) is 18.7. The van der Waals surface area contributed by atoms with Crippen LogP contribution >= 0.6 is 0 Å². The van der Waals surface area contributed by atoms with Gasteiger partial charge in [0, 0.05) is 32.1 Å². The number of piperidine rings is 1. The van der Waals surface area contributed by atoms with Crippen LogP contribution < -0.4 is 15.8 Å². The minimum Gasteiger partial charge on any atom is -0.496 e. The fourth-order valence-electron chi connectivity index (χ4n) is 5.09. The summed E-state index contributed by atoms with van der Waals surface area (Å²) in [5, 5.41) is 8.31. The Hall–Kier alpha value is -3.03. The van der Waals surface area contributed by atoms with E-state index in [0.717, 1.165) is 55.8 Å². The van der Waals surface area contributed by atoms with Crippen LogP contribution in [0.4, 0.5) is 5.82 Å². The second-order valence-corrected chi connectivity index (χ2v) is 8.85. The van der Waals surface area contributed by atoms with Gasteiger partial charge in [0.25, 0.3) is 5.91 Å². The summed E-state index contributed by atoms with van der Waals surface area (Å²) in [4.78, 5) is 26.2. The molecule has 166 valence electrons. The first kappa shape index (κ1) is 21.2. The molecule has 8 nitrogen and oxygen atoms in total. The maximum absolute atomic E-state index is 12.5. The Balaban J connectivity index is 1.78. The monoisotopic (exact) mass is 425 g/mol. The number of methoxy groups -OCH3 is 1. The second-order valence-electron chi connectivity index (χ2n) is 8.85. The van der Waals surface area contributed by atoms with Crippen LogP contribution in [0.15, 0.2) is 18.2 Å². The lowest BCUT2D eigenvalue weighted by Gasteiger charge is -2.45. The number of carbonyl (C=O) groups is 2. The Morgan fingerprint density at radius 1 is 1.29 bits per heavy atom. The van der Waals surface area contributed by atoms with Gasteiger partial charge < -0.3 is 20.7 Å². The number of nitrogens with one attached hydrogen (secondary N) is 1. The van der Waals surface area contributed by atoms with Crippen LogP contribution in [-0.4, -0.2) is 53.2 Å². The van der Waals surface area contributed by atoms with Crippen LogP contribution in [0.3, 0.4) is 0 Å². The third-order valence-corrected chi connectivity index (χ3v) is 7.04. The molecule has 2 aliphatic heterocycles. The topological polar surface area (TPSA) is 102 Å². The molecule has 3 N–H and O–H groups in total. The van der Waals surface area contributed by atoms with Gasteiger partial charge >= 0.3 is 0 Å². The average Bonchev–Trinajstić information content (AvgIpc) is 3.15. The number of carbonyl (C=O) groups excluding carboxylic acids is 2. The fourth-order valence-corrected chi connectivity index (χ4v) is 5.09. The number of nitrogens with zero attached hydrogens (tertiary/aromatic N) is 3. The summed E-state index contributed by atoms with van der Waals surface area (Å²) < 4.78 is 7.45. The minimum absolute atomic E-state index is 0.125. The van der Waals surface area contributed by atoms with Gasteiger partial charge in [0.1, 0.15) is 22.8 Å². The van der Waals surface area contributed by atoms with E-state index >= 15 is 0 Å². The van der Waals surface area contributed by atoms with Gasteiger partial charge in [0.2, 0.25) is 5.91 Å². The summed E-state index contributed by atoms with van der Waals surface area (Å²) in [6, 6.07) is 5.81. The molecule has 31 heavy (non-hydrogen) atoms. The van der Waals surface area contributed by atoms with Crippen molar-refractivity contribution >= 4 is 17.6 Å². The third-order valence-electron chi connectivity index (χ3n) is 7.04. The van der Waals surface area contributed by atoms with Gasteiger partial charge in [-0.05, 0) is 50.7 Å². The molecule has 4 rings (SSSR count). The summed E-state index contributed by atoms with van der Waals surface area (Å²) in [6.45, 7) is 8.06. The molecule has 2 amide bonds. The number of primary amides is 1. The summed E-state index contributed by atoms with van der Waals surface area (Å²) in [6.07, 6.45) is 2.71. The van der Waals surface area contributed by atoms with Crippen molar-refractivity contribution in [3.05, 3.63) is 29.3 Å². The van der Waals surface area contributed by atoms with Crippen molar-refractivity contribution in [1.29, 1.82) is 0 Å². The SMILES string of the molecule is COc1cc(-c2nn3c(c2C(N)=O)NCCC3(C)C2CCN(C(C)=O)CC2)ccc1C. The molecule has 3 heterocycles. The highest BCUT2D eigenvalue weighted by atomic mass is 16.5. The number of amides is 2. The largest absolute Gasteiger partial charge is 0.496 e. The van der Waals surface area contributed by atoms with E-state index in [-0.39, 0.29) is 11.4 Å². The van der Waals surface area contributed by atoms with E-state index in [0.29, 0.717) is 23.0 Å². The number of ether oxygens (including phenoxy) is 1. The van der Waals surface area contributed by atoms with E-state index in [1.807, 2.05) is 34.7 Å². The van der Waals surface area contributed by atoms with Crippen LogP contribution in [0, 0.1) is 12.8 Å². The van der Waals surface area contributed by atoms with Crippen molar-refractivity contribution in [1.82, 2.24) is 14.7 Å². The first-order valence-corrected chi connectivity index (χ1v) is 10.8. The molecule has 1 atom stereocenters. The summed E-state index contributed by atoms with van der Waals surface area (Å²) in [5.74, 6) is 1.40. The Labute approximate surface area is 182 Å². The number of fused-ring (bicyclic) bond motifs is 1. The lowest BCUT2D eigenvalue weighted by Crippen LogP contribution is -2.49. The van der Waals surface area contributed by atoms with E-state index in [2.05, 4.69) is 12.2 Å². The summed E-state index contributed by atoms with van der Waals surface area (Å²) in [5.41, 5.74) is 8.37. The molecule has 8 heteroatoms. The number of likely N-dealkylation sites (tertiary alicyclic amines) is 1. The van der Waals surface area contributed by atoms with Crippen molar-refractivity contribution in [3.8, 4) is 17.0 Å². The van der Waals surface area contributed by atoms with E-state index < -0.39 is 5.91 Å². The van der Waals surface area contributed by atoms with Crippen molar-refractivity contribution in [2.24, 2.45) is 11.7 Å². The quantitative estimate of drug-likeness (QED) is 0.784. The van der Waals surface area contributed by atoms with Crippen LogP contribution in [0.5, 0.6) is 5.75 Å². The molecule has 0 bridgehead atoms. The number of rotatable bonds is 4. The Morgan fingerprint density at radius 3 is 2.61 bits per heavy atom. The van der Waals surface area contributed by atoms with E-state index in [1.54, 1.807) is 14.0 Å². The molecule has 1 aromatic heterocycles. The Kier molecular flexibility index (Phi) is 5.41. The predicted octanol–water partition coefficient (Wildman–Crippen LogP) is 2.76. The zero-order valence-corrected chi connectivity index (χ0v) is 18.7. The molecule has 0 aliphatic carbocycles. The van der Waals surface area contributed by atoms with Gasteiger partial charge in [-0.3, -0.25) is 9.59 Å². The highest BCUT2D eigenvalue weighted by molar-refractivity contribution is 6.04.